The molecule has 0 aliphatic heterocycles. The molecule has 6 nitrogen and oxygen atoms in total. The average molecular weight is 296 g/mol. The molecule has 118 valence electrons. The number of carbonyl (C=O) groups is 3. The standard InChI is InChI=1S/C15H24N2O4/c1-5-7-13(8-6-2)14(19)17(11(3)15(20)21)10-9-16-12(4)18/h5-6,11,13H,1-2,7-10H2,3-4H3,(H,16,18)(H,20,21). The first kappa shape index (κ1) is 18.9. The van der Waals surface area contributed by atoms with Gasteiger partial charge in [0.1, 0.15) is 6.04 Å². The summed E-state index contributed by atoms with van der Waals surface area (Å²) in [5.74, 6) is -1.95. The van der Waals surface area contributed by atoms with Crippen molar-refractivity contribution in [2.75, 3.05) is 13.1 Å². The molecule has 0 spiro atoms. The first-order valence-corrected chi connectivity index (χ1v) is 6.84. The zero-order valence-electron chi connectivity index (χ0n) is 12.7. The Morgan fingerprint density at radius 1 is 1.24 bits per heavy atom. The van der Waals surface area contributed by atoms with Crippen molar-refractivity contribution in [3.05, 3.63) is 25.3 Å². The molecule has 0 fully saturated rings. The van der Waals surface area contributed by atoms with Crippen molar-refractivity contribution in [3.63, 3.8) is 0 Å². The van der Waals surface area contributed by atoms with Gasteiger partial charge in [-0.15, -0.1) is 13.2 Å². The van der Waals surface area contributed by atoms with Crippen LogP contribution in [0.3, 0.4) is 0 Å². The molecule has 0 aromatic rings. The van der Waals surface area contributed by atoms with Gasteiger partial charge in [0.15, 0.2) is 0 Å². The molecule has 0 saturated heterocycles. The van der Waals surface area contributed by atoms with E-state index in [2.05, 4.69) is 18.5 Å². The highest BCUT2D eigenvalue weighted by Crippen LogP contribution is 2.16. The van der Waals surface area contributed by atoms with Crippen LogP contribution in [0.15, 0.2) is 25.3 Å². The number of nitrogens with one attached hydrogen (secondary N) is 1. The van der Waals surface area contributed by atoms with Gasteiger partial charge in [0.2, 0.25) is 11.8 Å². The molecule has 6 heteroatoms. The Morgan fingerprint density at radius 3 is 2.14 bits per heavy atom. The molecule has 1 unspecified atom stereocenters. The van der Waals surface area contributed by atoms with Crippen LogP contribution in [0.2, 0.25) is 0 Å². The molecule has 2 amide bonds. The molecular weight excluding hydrogens is 272 g/mol. The molecule has 0 aliphatic rings. The number of amides is 2. The van der Waals surface area contributed by atoms with Crippen LogP contribution in [0.5, 0.6) is 0 Å². The number of hydrogen-bond acceptors (Lipinski definition) is 3. The van der Waals surface area contributed by atoms with Crippen LogP contribution in [0.4, 0.5) is 0 Å². The third kappa shape index (κ3) is 6.74. The van der Waals surface area contributed by atoms with Gasteiger partial charge in [0.25, 0.3) is 0 Å². The molecule has 21 heavy (non-hydrogen) atoms. The normalized spacial score (nSPS) is 11.6. The summed E-state index contributed by atoms with van der Waals surface area (Å²) in [6.07, 6.45) is 4.16. The monoisotopic (exact) mass is 296 g/mol. The van der Waals surface area contributed by atoms with E-state index in [9.17, 15) is 14.4 Å². The smallest absolute Gasteiger partial charge is 0.326 e. The number of carboxylic acid groups (broad SMARTS) is 1. The van der Waals surface area contributed by atoms with Crippen molar-refractivity contribution in [2.45, 2.75) is 32.7 Å². The highest BCUT2D eigenvalue weighted by atomic mass is 16.4. The molecule has 0 aromatic carbocycles. The number of rotatable bonds is 10. The first-order valence-electron chi connectivity index (χ1n) is 6.84. The van der Waals surface area contributed by atoms with Crippen LogP contribution in [-0.4, -0.2) is 46.9 Å². The van der Waals surface area contributed by atoms with Crippen LogP contribution < -0.4 is 5.32 Å². The number of carboxylic acids is 1. The summed E-state index contributed by atoms with van der Waals surface area (Å²) < 4.78 is 0. The molecule has 0 radical (unpaired) electrons. The summed E-state index contributed by atoms with van der Waals surface area (Å²) in [5.41, 5.74) is 0. The van der Waals surface area contributed by atoms with E-state index >= 15 is 0 Å². The predicted octanol–water partition coefficient (Wildman–Crippen LogP) is 1.19. The van der Waals surface area contributed by atoms with Gasteiger partial charge in [-0.3, -0.25) is 9.59 Å². The lowest BCUT2D eigenvalue weighted by molar-refractivity contribution is -0.151. The van der Waals surface area contributed by atoms with Crippen molar-refractivity contribution in [1.82, 2.24) is 10.2 Å². The van der Waals surface area contributed by atoms with Gasteiger partial charge in [-0.1, -0.05) is 12.2 Å². The van der Waals surface area contributed by atoms with Gasteiger partial charge in [-0.2, -0.15) is 0 Å². The highest BCUT2D eigenvalue weighted by molar-refractivity contribution is 5.85. The van der Waals surface area contributed by atoms with E-state index in [1.54, 1.807) is 12.2 Å². The Labute approximate surface area is 125 Å². The van der Waals surface area contributed by atoms with Crippen LogP contribution in [0.1, 0.15) is 26.7 Å². The Morgan fingerprint density at radius 2 is 1.76 bits per heavy atom. The van der Waals surface area contributed by atoms with E-state index in [1.807, 2.05) is 0 Å². The molecule has 2 N–H and O–H groups in total. The largest absolute Gasteiger partial charge is 0.480 e. The van der Waals surface area contributed by atoms with Gasteiger partial charge in [-0.25, -0.2) is 4.79 Å². The third-order valence-electron chi connectivity index (χ3n) is 3.09. The van der Waals surface area contributed by atoms with Crippen LogP contribution in [-0.2, 0) is 14.4 Å². The van der Waals surface area contributed by atoms with Gasteiger partial charge in [-0.05, 0) is 19.8 Å². The summed E-state index contributed by atoms with van der Waals surface area (Å²) in [7, 11) is 0. The fourth-order valence-electron chi connectivity index (χ4n) is 1.92. The summed E-state index contributed by atoms with van der Waals surface area (Å²) in [6.45, 7) is 10.4. The quantitative estimate of drug-likeness (QED) is 0.593. The summed E-state index contributed by atoms with van der Waals surface area (Å²) in [6, 6.07) is -0.955. The molecule has 0 rings (SSSR count). The van der Waals surface area contributed by atoms with Gasteiger partial charge >= 0.3 is 5.97 Å². The lowest BCUT2D eigenvalue weighted by Crippen LogP contribution is -2.48. The van der Waals surface area contributed by atoms with Crippen molar-refractivity contribution in [2.24, 2.45) is 5.92 Å². The lowest BCUT2D eigenvalue weighted by atomic mass is 9.99. The zero-order chi connectivity index (χ0) is 16.4. The number of allylic oxidation sites excluding steroid dienone is 2. The molecular formula is C15H24N2O4. The Balaban J connectivity index is 5.01. The number of nitrogens with zero attached hydrogens (tertiary/aromatic N) is 1. The SMILES string of the molecule is C=CCC(CC=C)C(=O)N(CCNC(C)=O)C(C)C(=O)O. The van der Waals surface area contributed by atoms with Crippen LogP contribution in [0.25, 0.3) is 0 Å². The fourth-order valence-corrected chi connectivity index (χ4v) is 1.92. The predicted molar refractivity (Wildman–Crippen MR) is 80.6 cm³/mol. The van der Waals surface area contributed by atoms with E-state index in [-0.39, 0.29) is 30.8 Å². The highest BCUT2D eigenvalue weighted by Gasteiger charge is 2.29. The number of hydrogen-bond donors (Lipinski definition) is 2. The Hall–Kier alpha value is -2.11. The summed E-state index contributed by atoms with van der Waals surface area (Å²) >= 11 is 0. The third-order valence-corrected chi connectivity index (χ3v) is 3.09. The molecule has 0 aromatic heterocycles. The fraction of sp³-hybridized carbons (Fsp3) is 0.533. The van der Waals surface area contributed by atoms with E-state index in [4.69, 9.17) is 5.11 Å². The molecule has 1 atom stereocenters. The second-order valence-corrected chi connectivity index (χ2v) is 4.77. The zero-order valence-corrected chi connectivity index (χ0v) is 12.7. The van der Waals surface area contributed by atoms with E-state index in [1.165, 1.54) is 18.7 Å². The number of carbonyl (C=O) groups excluding carboxylic acids is 2. The van der Waals surface area contributed by atoms with E-state index < -0.39 is 12.0 Å². The van der Waals surface area contributed by atoms with Crippen LogP contribution in [0, 0.1) is 5.92 Å². The van der Waals surface area contributed by atoms with Gasteiger partial charge in [0, 0.05) is 25.9 Å². The Kier molecular flexibility index (Phi) is 8.76. The average Bonchev–Trinajstić information content (AvgIpc) is 2.41. The summed E-state index contributed by atoms with van der Waals surface area (Å²) in [4.78, 5) is 35.8. The minimum Gasteiger partial charge on any atom is -0.480 e. The maximum Gasteiger partial charge on any atom is 0.326 e. The first-order chi connectivity index (χ1) is 9.84. The second kappa shape index (κ2) is 9.74. The van der Waals surface area contributed by atoms with E-state index in [0.29, 0.717) is 12.8 Å². The van der Waals surface area contributed by atoms with Crippen molar-refractivity contribution in [1.29, 1.82) is 0 Å². The van der Waals surface area contributed by atoms with Crippen molar-refractivity contribution >= 4 is 17.8 Å². The number of aliphatic carboxylic acids is 1. The molecule has 0 saturated carbocycles. The maximum absolute atomic E-state index is 12.5. The Bertz CT molecular complexity index is 396. The van der Waals surface area contributed by atoms with Gasteiger partial charge < -0.3 is 15.3 Å². The molecule has 0 bridgehead atoms. The minimum absolute atomic E-state index is 0.149. The molecule has 0 heterocycles. The lowest BCUT2D eigenvalue weighted by Gasteiger charge is -2.30. The van der Waals surface area contributed by atoms with Crippen LogP contribution >= 0.6 is 0 Å². The van der Waals surface area contributed by atoms with Crippen molar-refractivity contribution < 1.29 is 19.5 Å². The van der Waals surface area contributed by atoms with Crippen molar-refractivity contribution in [3.8, 4) is 0 Å². The second-order valence-electron chi connectivity index (χ2n) is 4.77. The maximum atomic E-state index is 12.5. The summed E-state index contributed by atoms with van der Waals surface area (Å²) in [5, 5.41) is 11.7. The van der Waals surface area contributed by atoms with E-state index in [0.717, 1.165) is 0 Å². The molecule has 0 aliphatic carbocycles. The minimum atomic E-state index is -1.08. The van der Waals surface area contributed by atoms with Gasteiger partial charge in [0.05, 0.1) is 0 Å². The topological polar surface area (TPSA) is 86.7 Å².